The lowest BCUT2D eigenvalue weighted by molar-refractivity contribution is 0.227. The Hall–Kier alpha value is -1.30. The standard InChI is InChI=1S/C17H28N4OS/c1-13-5-4-6-14(11-13)19-16(22)18-8-7-15-12-23-17(20-15)21-9-2-3-10-21/h12-14H,2-11H2,1H3,(H2,18,19,22). The summed E-state index contributed by atoms with van der Waals surface area (Å²) in [5.74, 6) is 0.730. The SMILES string of the molecule is CC1CCCC(NC(=O)NCCc2csc(N3CCCC3)n2)C1. The molecule has 5 nitrogen and oxygen atoms in total. The highest BCUT2D eigenvalue weighted by Crippen LogP contribution is 2.24. The summed E-state index contributed by atoms with van der Waals surface area (Å²) in [4.78, 5) is 19.0. The minimum absolute atomic E-state index is 0.0286. The Morgan fingerprint density at radius 3 is 2.96 bits per heavy atom. The highest BCUT2D eigenvalue weighted by molar-refractivity contribution is 7.13. The lowest BCUT2D eigenvalue weighted by Gasteiger charge is -2.27. The highest BCUT2D eigenvalue weighted by atomic mass is 32.1. The average Bonchev–Trinajstić information content (AvgIpc) is 3.18. The molecule has 1 aliphatic carbocycles. The number of thiazole rings is 1. The molecule has 2 amide bonds. The third-order valence-electron chi connectivity index (χ3n) is 4.85. The first-order chi connectivity index (χ1) is 11.2. The van der Waals surface area contributed by atoms with Crippen LogP contribution in [0.15, 0.2) is 5.38 Å². The summed E-state index contributed by atoms with van der Waals surface area (Å²) < 4.78 is 0. The van der Waals surface area contributed by atoms with Crippen LogP contribution in [0, 0.1) is 5.92 Å². The van der Waals surface area contributed by atoms with Crippen LogP contribution in [0.25, 0.3) is 0 Å². The van der Waals surface area contributed by atoms with Gasteiger partial charge in [0, 0.05) is 37.5 Å². The number of anilines is 1. The van der Waals surface area contributed by atoms with E-state index in [0.29, 0.717) is 12.6 Å². The maximum Gasteiger partial charge on any atom is 0.315 e. The van der Waals surface area contributed by atoms with E-state index in [1.165, 1.54) is 25.7 Å². The lowest BCUT2D eigenvalue weighted by Crippen LogP contribution is -2.44. The Balaban J connectivity index is 1.36. The molecule has 0 radical (unpaired) electrons. The van der Waals surface area contributed by atoms with E-state index in [9.17, 15) is 4.79 Å². The Morgan fingerprint density at radius 1 is 1.35 bits per heavy atom. The second-order valence-electron chi connectivity index (χ2n) is 6.93. The quantitative estimate of drug-likeness (QED) is 0.868. The van der Waals surface area contributed by atoms with Crippen molar-refractivity contribution in [3.8, 4) is 0 Å². The van der Waals surface area contributed by atoms with Crippen molar-refractivity contribution >= 4 is 22.5 Å². The molecule has 0 spiro atoms. The zero-order valence-electron chi connectivity index (χ0n) is 14.0. The number of aromatic nitrogens is 1. The van der Waals surface area contributed by atoms with Crippen molar-refractivity contribution in [2.45, 2.75) is 57.9 Å². The van der Waals surface area contributed by atoms with Crippen LogP contribution in [0.1, 0.15) is 51.1 Å². The molecule has 1 aliphatic heterocycles. The number of nitrogens with one attached hydrogen (secondary N) is 2. The first-order valence-corrected chi connectivity index (χ1v) is 9.82. The van der Waals surface area contributed by atoms with Crippen LogP contribution >= 0.6 is 11.3 Å². The normalized spacial score (nSPS) is 24.7. The second-order valence-corrected chi connectivity index (χ2v) is 7.77. The monoisotopic (exact) mass is 336 g/mol. The lowest BCUT2D eigenvalue weighted by atomic mass is 9.87. The Labute approximate surface area is 142 Å². The number of carbonyl (C=O) groups excluding carboxylic acids is 1. The van der Waals surface area contributed by atoms with Gasteiger partial charge in [0.2, 0.25) is 0 Å². The first-order valence-electron chi connectivity index (χ1n) is 8.94. The Bertz CT molecular complexity index is 512. The topological polar surface area (TPSA) is 57.3 Å². The maximum absolute atomic E-state index is 12.0. The Morgan fingerprint density at radius 2 is 2.17 bits per heavy atom. The molecule has 3 rings (SSSR count). The van der Waals surface area contributed by atoms with Gasteiger partial charge in [-0.3, -0.25) is 0 Å². The van der Waals surface area contributed by atoms with Gasteiger partial charge >= 0.3 is 6.03 Å². The third-order valence-corrected chi connectivity index (χ3v) is 5.80. The molecule has 23 heavy (non-hydrogen) atoms. The summed E-state index contributed by atoms with van der Waals surface area (Å²) in [5, 5.41) is 9.34. The molecule has 1 saturated heterocycles. The summed E-state index contributed by atoms with van der Waals surface area (Å²) in [6.45, 7) is 5.18. The van der Waals surface area contributed by atoms with Gasteiger partial charge in [0.05, 0.1) is 5.69 Å². The summed E-state index contributed by atoms with van der Waals surface area (Å²) in [5.41, 5.74) is 1.09. The van der Waals surface area contributed by atoms with Crippen molar-refractivity contribution in [1.82, 2.24) is 15.6 Å². The summed E-state index contributed by atoms with van der Waals surface area (Å²) >= 11 is 1.72. The smallest absolute Gasteiger partial charge is 0.315 e. The molecule has 0 bridgehead atoms. The molecular formula is C17H28N4OS. The average molecular weight is 337 g/mol. The van der Waals surface area contributed by atoms with Crippen molar-refractivity contribution in [1.29, 1.82) is 0 Å². The molecule has 1 aromatic heterocycles. The van der Waals surface area contributed by atoms with E-state index in [-0.39, 0.29) is 6.03 Å². The van der Waals surface area contributed by atoms with Crippen LogP contribution < -0.4 is 15.5 Å². The van der Waals surface area contributed by atoms with Gasteiger partial charge in [-0.25, -0.2) is 9.78 Å². The summed E-state index contributed by atoms with van der Waals surface area (Å²) in [6.07, 6.45) is 8.10. The number of amides is 2. The van der Waals surface area contributed by atoms with Crippen molar-refractivity contribution in [3.05, 3.63) is 11.1 Å². The molecule has 2 fully saturated rings. The van der Waals surface area contributed by atoms with Gasteiger partial charge in [-0.1, -0.05) is 19.8 Å². The number of rotatable bonds is 5. The molecule has 6 heteroatoms. The van der Waals surface area contributed by atoms with E-state index in [0.717, 1.165) is 49.1 Å². The fraction of sp³-hybridized carbons (Fsp3) is 0.765. The molecule has 128 valence electrons. The van der Waals surface area contributed by atoms with Gasteiger partial charge in [-0.05, 0) is 31.6 Å². The van der Waals surface area contributed by atoms with E-state index in [1.807, 2.05) is 0 Å². The minimum Gasteiger partial charge on any atom is -0.348 e. The van der Waals surface area contributed by atoms with Crippen LogP contribution in [0.3, 0.4) is 0 Å². The van der Waals surface area contributed by atoms with Crippen molar-refractivity contribution in [2.24, 2.45) is 5.92 Å². The van der Waals surface area contributed by atoms with Crippen LogP contribution in [0.4, 0.5) is 9.93 Å². The number of nitrogens with zero attached hydrogens (tertiary/aromatic N) is 2. The van der Waals surface area contributed by atoms with E-state index in [2.05, 4.69) is 32.8 Å². The fourth-order valence-electron chi connectivity index (χ4n) is 3.57. The molecule has 0 aromatic carbocycles. The van der Waals surface area contributed by atoms with Gasteiger partial charge in [0.1, 0.15) is 0 Å². The van der Waals surface area contributed by atoms with Crippen LogP contribution in [0.5, 0.6) is 0 Å². The van der Waals surface area contributed by atoms with Gasteiger partial charge in [0.25, 0.3) is 0 Å². The van der Waals surface area contributed by atoms with Gasteiger partial charge in [-0.2, -0.15) is 0 Å². The Kier molecular flexibility index (Phi) is 5.75. The van der Waals surface area contributed by atoms with Crippen LogP contribution in [-0.4, -0.2) is 36.7 Å². The molecule has 2 heterocycles. The second kappa shape index (κ2) is 7.99. The van der Waals surface area contributed by atoms with Crippen molar-refractivity contribution in [2.75, 3.05) is 24.5 Å². The molecule has 1 saturated carbocycles. The molecule has 2 atom stereocenters. The first kappa shape index (κ1) is 16.6. The number of hydrogen-bond acceptors (Lipinski definition) is 4. The van der Waals surface area contributed by atoms with Gasteiger partial charge in [0.15, 0.2) is 5.13 Å². The van der Waals surface area contributed by atoms with E-state index >= 15 is 0 Å². The van der Waals surface area contributed by atoms with E-state index < -0.39 is 0 Å². The largest absolute Gasteiger partial charge is 0.348 e. The molecule has 2 N–H and O–H groups in total. The van der Waals surface area contributed by atoms with E-state index in [1.54, 1.807) is 11.3 Å². The third kappa shape index (κ3) is 4.83. The highest BCUT2D eigenvalue weighted by Gasteiger charge is 2.20. The number of hydrogen-bond donors (Lipinski definition) is 2. The maximum atomic E-state index is 12.0. The molecular weight excluding hydrogens is 308 g/mol. The predicted octanol–water partition coefficient (Wildman–Crippen LogP) is 3.16. The van der Waals surface area contributed by atoms with Gasteiger partial charge in [-0.15, -0.1) is 11.3 Å². The van der Waals surface area contributed by atoms with Crippen LogP contribution in [-0.2, 0) is 6.42 Å². The van der Waals surface area contributed by atoms with Crippen molar-refractivity contribution < 1.29 is 4.79 Å². The van der Waals surface area contributed by atoms with Crippen LogP contribution in [0.2, 0.25) is 0 Å². The zero-order valence-corrected chi connectivity index (χ0v) is 14.8. The van der Waals surface area contributed by atoms with Crippen molar-refractivity contribution in [3.63, 3.8) is 0 Å². The zero-order chi connectivity index (χ0) is 16.1. The fourth-order valence-corrected chi connectivity index (χ4v) is 4.48. The molecule has 1 aromatic rings. The van der Waals surface area contributed by atoms with Gasteiger partial charge < -0.3 is 15.5 Å². The summed E-state index contributed by atoms with van der Waals surface area (Å²) in [6, 6.07) is 0.318. The number of urea groups is 1. The van der Waals surface area contributed by atoms with E-state index in [4.69, 9.17) is 0 Å². The predicted molar refractivity (Wildman–Crippen MR) is 95.2 cm³/mol. The molecule has 2 unspecified atom stereocenters. The minimum atomic E-state index is -0.0286. The number of carbonyl (C=O) groups is 1. The molecule has 2 aliphatic rings. The summed E-state index contributed by atoms with van der Waals surface area (Å²) in [7, 11) is 0.